The van der Waals surface area contributed by atoms with Gasteiger partial charge in [-0.25, -0.2) is 14.0 Å². The Labute approximate surface area is 76.6 Å². The number of aryl methyl sites for hydroxylation is 1. The summed E-state index contributed by atoms with van der Waals surface area (Å²) in [7, 11) is 0. The highest BCUT2D eigenvalue weighted by Crippen LogP contribution is 2.03. The number of aromatic amines is 1. The molecule has 1 atom stereocenters. The summed E-state index contributed by atoms with van der Waals surface area (Å²) in [5, 5.41) is 8.29. The SMILES string of the molecule is Cc1cn(C(F)C(=O)O)c(=O)[nH]c1=O. The molecular formula is C7H7FN2O4. The number of nitrogens with one attached hydrogen (secondary N) is 1. The van der Waals surface area contributed by atoms with E-state index in [1.807, 2.05) is 0 Å². The number of hydrogen-bond donors (Lipinski definition) is 2. The van der Waals surface area contributed by atoms with Gasteiger partial charge < -0.3 is 5.11 Å². The van der Waals surface area contributed by atoms with Gasteiger partial charge in [-0.05, 0) is 6.92 Å². The van der Waals surface area contributed by atoms with Gasteiger partial charge in [-0.15, -0.1) is 0 Å². The maximum atomic E-state index is 12.9. The van der Waals surface area contributed by atoms with E-state index >= 15 is 0 Å². The minimum absolute atomic E-state index is 0.0634. The highest BCUT2D eigenvalue weighted by molar-refractivity contribution is 5.70. The van der Waals surface area contributed by atoms with Crippen LogP contribution in [0.25, 0.3) is 0 Å². The van der Waals surface area contributed by atoms with Gasteiger partial charge in [0, 0.05) is 11.8 Å². The van der Waals surface area contributed by atoms with Crippen LogP contribution in [0.3, 0.4) is 0 Å². The van der Waals surface area contributed by atoms with Crippen molar-refractivity contribution >= 4 is 5.97 Å². The number of carboxylic acid groups (broad SMARTS) is 1. The Balaban J connectivity index is 3.37. The Kier molecular flexibility index (Phi) is 2.50. The molecule has 0 aromatic carbocycles. The summed E-state index contributed by atoms with van der Waals surface area (Å²) in [5.74, 6) is -1.79. The zero-order chi connectivity index (χ0) is 10.9. The molecule has 0 fully saturated rings. The molecule has 0 amide bonds. The third-order valence-corrected chi connectivity index (χ3v) is 1.59. The second-order valence-corrected chi connectivity index (χ2v) is 2.65. The lowest BCUT2D eigenvalue weighted by Crippen LogP contribution is -2.34. The largest absolute Gasteiger partial charge is 0.478 e. The maximum absolute atomic E-state index is 12.9. The number of hydrogen-bond acceptors (Lipinski definition) is 3. The Bertz CT molecular complexity index is 475. The van der Waals surface area contributed by atoms with E-state index in [9.17, 15) is 18.8 Å². The first-order valence-corrected chi connectivity index (χ1v) is 3.62. The van der Waals surface area contributed by atoms with E-state index in [4.69, 9.17) is 5.11 Å². The number of carbonyl (C=O) groups is 1. The topological polar surface area (TPSA) is 92.2 Å². The first-order valence-electron chi connectivity index (χ1n) is 3.62. The minimum atomic E-state index is -2.49. The van der Waals surface area contributed by atoms with Crippen molar-refractivity contribution in [3.8, 4) is 0 Å². The molecule has 0 aliphatic rings. The average Bonchev–Trinajstić information content (AvgIpc) is 2.10. The highest BCUT2D eigenvalue weighted by atomic mass is 19.1. The van der Waals surface area contributed by atoms with Crippen molar-refractivity contribution in [2.75, 3.05) is 0 Å². The number of rotatable bonds is 2. The number of halogens is 1. The number of nitrogens with zero attached hydrogens (tertiary/aromatic N) is 1. The highest BCUT2D eigenvalue weighted by Gasteiger charge is 2.19. The Morgan fingerprint density at radius 3 is 2.71 bits per heavy atom. The van der Waals surface area contributed by atoms with Gasteiger partial charge >= 0.3 is 11.7 Å². The fraction of sp³-hybridized carbons (Fsp3) is 0.286. The van der Waals surface area contributed by atoms with E-state index in [-0.39, 0.29) is 5.56 Å². The molecule has 0 spiro atoms. The van der Waals surface area contributed by atoms with E-state index < -0.39 is 23.5 Å². The fourth-order valence-electron chi connectivity index (χ4n) is 0.874. The molecule has 0 saturated heterocycles. The second-order valence-electron chi connectivity index (χ2n) is 2.65. The van der Waals surface area contributed by atoms with Crippen LogP contribution in [0.5, 0.6) is 0 Å². The molecule has 1 aromatic rings. The van der Waals surface area contributed by atoms with Crippen LogP contribution in [-0.2, 0) is 4.79 Å². The van der Waals surface area contributed by atoms with Crippen LogP contribution in [0.15, 0.2) is 15.8 Å². The quantitative estimate of drug-likeness (QED) is 0.669. The molecule has 2 N–H and O–H groups in total. The molecule has 1 rings (SSSR count). The summed E-state index contributed by atoms with van der Waals surface area (Å²) < 4.78 is 13.2. The second kappa shape index (κ2) is 3.44. The van der Waals surface area contributed by atoms with Gasteiger partial charge in [0.1, 0.15) is 0 Å². The van der Waals surface area contributed by atoms with Gasteiger partial charge in [0.05, 0.1) is 0 Å². The van der Waals surface area contributed by atoms with Crippen LogP contribution >= 0.6 is 0 Å². The van der Waals surface area contributed by atoms with Crippen molar-refractivity contribution in [1.82, 2.24) is 9.55 Å². The zero-order valence-corrected chi connectivity index (χ0v) is 7.15. The van der Waals surface area contributed by atoms with Gasteiger partial charge in [0.15, 0.2) is 0 Å². The lowest BCUT2D eigenvalue weighted by molar-refractivity contribution is -0.146. The number of carboxylic acids is 1. The number of H-pyrrole nitrogens is 1. The lowest BCUT2D eigenvalue weighted by Gasteiger charge is -2.06. The summed E-state index contributed by atoms with van der Waals surface area (Å²) in [4.78, 5) is 33.8. The normalized spacial score (nSPS) is 12.4. The lowest BCUT2D eigenvalue weighted by atomic mass is 10.4. The van der Waals surface area contributed by atoms with Crippen molar-refractivity contribution in [1.29, 1.82) is 0 Å². The molecule has 1 aromatic heterocycles. The summed E-state index contributed by atoms with van der Waals surface area (Å²) in [6, 6.07) is 0. The van der Waals surface area contributed by atoms with Crippen LogP contribution in [0, 0.1) is 6.92 Å². The molecule has 14 heavy (non-hydrogen) atoms. The molecule has 76 valence electrons. The molecule has 6 nitrogen and oxygen atoms in total. The molecule has 0 aliphatic carbocycles. The van der Waals surface area contributed by atoms with E-state index in [2.05, 4.69) is 0 Å². The van der Waals surface area contributed by atoms with E-state index in [1.54, 1.807) is 4.98 Å². The van der Waals surface area contributed by atoms with Crippen molar-refractivity contribution in [3.63, 3.8) is 0 Å². The fourth-order valence-corrected chi connectivity index (χ4v) is 0.874. The van der Waals surface area contributed by atoms with Crippen LogP contribution in [0.4, 0.5) is 4.39 Å². The smallest absolute Gasteiger partial charge is 0.360 e. The molecule has 0 saturated carbocycles. The van der Waals surface area contributed by atoms with Crippen molar-refractivity contribution < 1.29 is 14.3 Å². The third-order valence-electron chi connectivity index (χ3n) is 1.59. The van der Waals surface area contributed by atoms with Crippen LogP contribution in [0.1, 0.15) is 11.9 Å². The Morgan fingerprint density at radius 1 is 1.64 bits per heavy atom. The van der Waals surface area contributed by atoms with Crippen LogP contribution in [-0.4, -0.2) is 20.6 Å². The van der Waals surface area contributed by atoms with E-state index in [0.29, 0.717) is 4.57 Å². The van der Waals surface area contributed by atoms with Crippen LogP contribution in [0.2, 0.25) is 0 Å². The Morgan fingerprint density at radius 2 is 2.21 bits per heavy atom. The average molecular weight is 202 g/mol. The predicted octanol–water partition coefficient (Wildman–Crippen LogP) is -0.602. The van der Waals surface area contributed by atoms with Gasteiger partial charge in [-0.2, -0.15) is 0 Å². The molecular weight excluding hydrogens is 195 g/mol. The third kappa shape index (κ3) is 1.70. The first-order chi connectivity index (χ1) is 6.43. The first kappa shape index (κ1) is 10.2. The molecule has 7 heteroatoms. The summed E-state index contributed by atoms with van der Waals surface area (Å²) >= 11 is 0. The minimum Gasteiger partial charge on any atom is -0.478 e. The van der Waals surface area contributed by atoms with E-state index in [0.717, 1.165) is 6.20 Å². The van der Waals surface area contributed by atoms with Crippen molar-refractivity contribution in [2.45, 2.75) is 13.2 Å². The predicted molar refractivity (Wildman–Crippen MR) is 43.8 cm³/mol. The maximum Gasteiger partial charge on any atom is 0.360 e. The van der Waals surface area contributed by atoms with Gasteiger partial charge in [0.25, 0.3) is 11.9 Å². The van der Waals surface area contributed by atoms with Crippen LogP contribution < -0.4 is 11.2 Å². The number of aliphatic carboxylic acids is 1. The molecule has 0 bridgehead atoms. The van der Waals surface area contributed by atoms with Crippen molar-refractivity contribution in [3.05, 3.63) is 32.6 Å². The molecule has 0 aliphatic heterocycles. The summed E-state index contributed by atoms with van der Waals surface area (Å²) in [5.41, 5.74) is -1.69. The zero-order valence-electron chi connectivity index (χ0n) is 7.15. The van der Waals surface area contributed by atoms with Crippen molar-refractivity contribution in [2.24, 2.45) is 0 Å². The molecule has 1 unspecified atom stereocenters. The van der Waals surface area contributed by atoms with Gasteiger partial charge in [-0.3, -0.25) is 14.3 Å². The standard InChI is InChI=1S/C7H7FN2O4/c1-3-2-10(4(8)6(12)13)7(14)9-5(3)11/h2,4H,1H3,(H,12,13)(H,9,11,14). The summed E-state index contributed by atoms with van der Waals surface area (Å²) in [6.07, 6.45) is -1.63. The summed E-state index contributed by atoms with van der Waals surface area (Å²) in [6.45, 7) is 1.34. The molecule has 0 radical (unpaired) electrons. The monoisotopic (exact) mass is 202 g/mol. The van der Waals surface area contributed by atoms with Gasteiger partial charge in [-0.1, -0.05) is 0 Å². The number of alkyl halides is 1. The van der Waals surface area contributed by atoms with Gasteiger partial charge in [0.2, 0.25) is 0 Å². The number of aromatic nitrogens is 2. The van der Waals surface area contributed by atoms with E-state index in [1.165, 1.54) is 6.92 Å². The molecule has 1 heterocycles. The Hall–Kier alpha value is -1.92.